The number of methoxy groups -OCH3 is 1. The molecule has 2 aliphatic heterocycles. The van der Waals surface area contributed by atoms with Crippen LogP contribution < -0.4 is 19.7 Å². The number of ether oxygens (including phenoxy) is 2. The molecule has 1 aromatic heterocycles. The molecule has 1 saturated heterocycles. The fourth-order valence-electron chi connectivity index (χ4n) is 9.14. The zero-order valence-corrected chi connectivity index (χ0v) is 29.8. The van der Waals surface area contributed by atoms with Gasteiger partial charge in [-0.05, 0) is 65.7 Å². The first kappa shape index (κ1) is 33.5. The summed E-state index contributed by atoms with van der Waals surface area (Å²) in [4.78, 5) is 70.7. The summed E-state index contributed by atoms with van der Waals surface area (Å²) in [6.45, 7) is 3.51. The summed E-state index contributed by atoms with van der Waals surface area (Å²) in [5, 5.41) is 15.6. The van der Waals surface area contributed by atoms with Gasteiger partial charge in [0, 0.05) is 27.1 Å². The van der Waals surface area contributed by atoms with Gasteiger partial charge >= 0.3 is 10.8 Å². The number of carbonyl (C=O) groups excluding carboxylic acids is 3. The molecule has 4 aliphatic rings. The standard InChI is InChI=1S/C38H37N3O8S2/c1-17(2)13-24(37(45)46)41-35(43)30-21-15-22(31(30)36(41)44)32-29(21)28(33-34(50-32)40-38(47)51-33)19-11-12-25(26(14-19)48-3)49-16-27(42)39-23-10-6-8-18-7-4-5-9-20(18)23/h4-12,14,17,21-22,24,28-32H,13,15-16H2,1-3H3,(H,39,42)(H,40,47)(H,45,46)/t21?,22?,24?,28-,29?,30?,31?,32?/m1/s1. The number of nitrogens with zero attached hydrogens (tertiary/aromatic N) is 1. The maximum Gasteiger partial charge on any atom is 0.326 e. The van der Waals surface area contributed by atoms with E-state index in [0.29, 0.717) is 23.6 Å². The first-order chi connectivity index (χ1) is 24.5. The number of thiazole rings is 1. The van der Waals surface area contributed by atoms with Crippen LogP contribution in [0, 0.1) is 35.5 Å². The highest BCUT2D eigenvalue weighted by atomic mass is 32.2. The van der Waals surface area contributed by atoms with Crippen LogP contribution >= 0.6 is 23.1 Å². The second-order valence-corrected chi connectivity index (χ2v) is 16.5. The lowest BCUT2D eigenvalue weighted by Gasteiger charge is -2.43. The molecule has 0 radical (unpaired) electrons. The Morgan fingerprint density at radius 2 is 1.75 bits per heavy atom. The van der Waals surface area contributed by atoms with Crippen LogP contribution in [0.3, 0.4) is 0 Å². The minimum Gasteiger partial charge on any atom is -0.493 e. The molecule has 2 aliphatic carbocycles. The Morgan fingerprint density at radius 3 is 2.49 bits per heavy atom. The van der Waals surface area contributed by atoms with Gasteiger partial charge in [-0.1, -0.05) is 67.6 Å². The van der Waals surface area contributed by atoms with Crippen molar-refractivity contribution in [1.29, 1.82) is 0 Å². The molecule has 7 unspecified atom stereocenters. The molecule has 2 bridgehead atoms. The van der Waals surface area contributed by atoms with Crippen LogP contribution in [0.1, 0.15) is 43.0 Å². The molecule has 3 fully saturated rings. The minimum atomic E-state index is -1.19. The SMILES string of the molecule is COc1cc([C@H]2c3sc(=O)[nH]c3SC3C4CC(C5C(=O)N(C(CC(C)C)C(=O)O)C(=O)C45)C32)ccc1OCC(=O)Nc1cccc2ccccc12. The van der Waals surface area contributed by atoms with Gasteiger partial charge in [0.25, 0.3) is 5.91 Å². The fraction of sp³-hybridized carbons (Fsp3) is 0.395. The molecule has 3 amide bonds. The third-order valence-corrected chi connectivity index (χ3v) is 13.6. The number of aromatic nitrogens is 1. The number of hydrogen-bond donors (Lipinski definition) is 3. The van der Waals surface area contributed by atoms with E-state index in [1.54, 1.807) is 17.8 Å². The Hall–Kier alpha value is -4.62. The molecule has 8 rings (SSSR count). The number of rotatable bonds is 10. The van der Waals surface area contributed by atoms with Crippen LogP contribution in [0.5, 0.6) is 11.5 Å². The Kier molecular flexibility index (Phi) is 8.45. The van der Waals surface area contributed by atoms with Crippen molar-refractivity contribution >= 4 is 63.2 Å². The number of nitrogens with one attached hydrogen (secondary N) is 2. The van der Waals surface area contributed by atoms with Gasteiger partial charge in [-0.25, -0.2) is 4.79 Å². The quantitative estimate of drug-likeness (QED) is 0.178. The Balaban J connectivity index is 1.07. The summed E-state index contributed by atoms with van der Waals surface area (Å²) in [6.07, 6.45) is 0.883. The van der Waals surface area contributed by atoms with E-state index >= 15 is 0 Å². The Bertz CT molecular complexity index is 2140. The summed E-state index contributed by atoms with van der Waals surface area (Å²) in [5.74, 6) is -3.27. The molecule has 4 aromatic rings. The van der Waals surface area contributed by atoms with Crippen molar-refractivity contribution in [3.05, 3.63) is 80.8 Å². The molecule has 3 heterocycles. The van der Waals surface area contributed by atoms with Gasteiger partial charge in [-0.3, -0.25) is 24.1 Å². The highest BCUT2D eigenvalue weighted by Crippen LogP contribution is 2.68. The lowest BCUT2D eigenvalue weighted by molar-refractivity contribution is -0.156. The molecule has 3 aromatic carbocycles. The van der Waals surface area contributed by atoms with E-state index in [0.717, 1.165) is 42.5 Å². The van der Waals surface area contributed by atoms with Gasteiger partial charge < -0.3 is 24.9 Å². The molecule has 2 saturated carbocycles. The summed E-state index contributed by atoms with van der Waals surface area (Å²) in [7, 11) is 1.53. The number of carboxylic acids is 1. The number of aliphatic carboxylic acids is 1. The highest BCUT2D eigenvalue weighted by molar-refractivity contribution is 8.00. The first-order valence-corrected chi connectivity index (χ1v) is 18.8. The van der Waals surface area contributed by atoms with Crippen LogP contribution in [-0.2, 0) is 19.2 Å². The maximum absolute atomic E-state index is 14.0. The summed E-state index contributed by atoms with van der Waals surface area (Å²) >= 11 is 2.72. The van der Waals surface area contributed by atoms with Gasteiger partial charge in [-0.15, -0.1) is 11.8 Å². The predicted molar refractivity (Wildman–Crippen MR) is 192 cm³/mol. The van der Waals surface area contributed by atoms with Crippen molar-refractivity contribution < 1.29 is 33.8 Å². The monoisotopic (exact) mass is 727 g/mol. The normalized spacial score (nSPS) is 26.6. The first-order valence-electron chi connectivity index (χ1n) is 17.1. The predicted octanol–water partition coefficient (Wildman–Crippen LogP) is 5.59. The van der Waals surface area contributed by atoms with Crippen molar-refractivity contribution in [2.75, 3.05) is 19.0 Å². The van der Waals surface area contributed by atoms with Crippen LogP contribution in [-0.4, -0.2) is 63.7 Å². The minimum absolute atomic E-state index is 0.0142. The van der Waals surface area contributed by atoms with E-state index in [1.807, 2.05) is 68.4 Å². The number of H-pyrrole nitrogens is 1. The number of carboxylic acid groups (broad SMARTS) is 1. The van der Waals surface area contributed by atoms with Crippen LogP contribution in [0.25, 0.3) is 10.8 Å². The number of imide groups is 1. The smallest absolute Gasteiger partial charge is 0.326 e. The van der Waals surface area contributed by atoms with Crippen LogP contribution in [0.2, 0.25) is 0 Å². The summed E-state index contributed by atoms with van der Waals surface area (Å²) in [5.41, 5.74) is 1.55. The van der Waals surface area contributed by atoms with Crippen LogP contribution in [0.4, 0.5) is 5.69 Å². The summed E-state index contributed by atoms with van der Waals surface area (Å²) in [6, 6.07) is 17.8. The third-order valence-electron chi connectivity index (χ3n) is 11.0. The highest BCUT2D eigenvalue weighted by Gasteiger charge is 2.70. The molecule has 0 spiro atoms. The lowest BCUT2D eigenvalue weighted by atomic mass is 9.68. The van der Waals surface area contributed by atoms with E-state index in [2.05, 4.69) is 10.3 Å². The van der Waals surface area contributed by atoms with Crippen molar-refractivity contribution in [3.8, 4) is 11.5 Å². The van der Waals surface area contributed by atoms with Crippen LogP contribution in [0.15, 0.2) is 70.5 Å². The maximum atomic E-state index is 14.0. The average molecular weight is 728 g/mol. The second kappa shape index (κ2) is 12.9. The Morgan fingerprint density at radius 1 is 1.00 bits per heavy atom. The number of thioether (sulfide) groups is 1. The van der Waals surface area contributed by atoms with Crippen molar-refractivity contribution in [3.63, 3.8) is 0 Å². The zero-order chi connectivity index (χ0) is 35.7. The number of benzene rings is 3. The molecular weight excluding hydrogens is 691 g/mol. The van der Waals surface area contributed by atoms with Crippen molar-refractivity contribution in [1.82, 2.24) is 9.88 Å². The number of amides is 3. The van der Waals surface area contributed by atoms with Crippen molar-refractivity contribution in [2.45, 2.75) is 48.9 Å². The molecule has 264 valence electrons. The molecule has 11 nitrogen and oxygen atoms in total. The van der Waals surface area contributed by atoms with Gasteiger partial charge in [0.05, 0.1) is 24.0 Å². The topological polar surface area (TPSA) is 155 Å². The molecule has 3 N–H and O–H groups in total. The molecule has 51 heavy (non-hydrogen) atoms. The van der Waals surface area contributed by atoms with Gasteiger partial charge in [0.1, 0.15) is 6.04 Å². The number of aromatic amines is 1. The van der Waals surface area contributed by atoms with Gasteiger partial charge in [0.2, 0.25) is 11.8 Å². The van der Waals surface area contributed by atoms with E-state index in [9.17, 15) is 29.1 Å². The van der Waals surface area contributed by atoms with E-state index < -0.39 is 23.8 Å². The number of anilines is 1. The Labute approximate surface area is 301 Å². The third kappa shape index (κ3) is 5.52. The molecule has 13 heteroatoms. The van der Waals surface area contributed by atoms with E-state index in [1.165, 1.54) is 7.11 Å². The fourth-order valence-corrected chi connectivity index (χ4v) is 12.0. The largest absolute Gasteiger partial charge is 0.493 e. The van der Waals surface area contributed by atoms with E-state index in [-0.39, 0.29) is 70.5 Å². The van der Waals surface area contributed by atoms with Gasteiger partial charge in [-0.2, -0.15) is 0 Å². The lowest BCUT2D eigenvalue weighted by Crippen LogP contribution is -2.47. The average Bonchev–Trinajstić information content (AvgIpc) is 3.85. The number of hydrogen-bond acceptors (Lipinski definition) is 9. The number of likely N-dealkylation sites (tertiary alicyclic amines) is 1. The van der Waals surface area contributed by atoms with E-state index in [4.69, 9.17) is 9.47 Å². The van der Waals surface area contributed by atoms with Crippen molar-refractivity contribution in [2.24, 2.45) is 35.5 Å². The molecular formula is C38H37N3O8S2. The molecule has 8 atom stereocenters. The zero-order valence-electron chi connectivity index (χ0n) is 28.2. The number of fused-ring (bicyclic) bond motifs is 10. The number of carbonyl (C=O) groups is 4. The van der Waals surface area contributed by atoms with Gasteiger partial charge in [0.15, 0.2) is 18.1 Å². The summed E-state index contributed by atoms with van der Waals surface area (Å²) < 4.78 is 11.7. The second-order valence-electron chi connectivity index (χ2n) is 14.3.